The zero-order chi connectivity index (χ0) is 15.5. The van der Waals surface area contributed by atoms with Gasteiger partial charge >= 0.3 is 5.97 Å². The standard InChI is InChI=1S/C14H18N2O5/c17-13(18)10-5-4-6-11(16(20)21)12(10)15-9-14(19)7-2-1-3-8-14/h4-6,15,19H,1-3,7-9H2,(H,17,18). The molecule has 3 N–H and O–H groups in total. The molecule has 0 bridgehead atoms. The van der Waals surface area contributed by atoms with Crippen LogP contribution in [0.2, 0.25) is 0 Å². The summed E-state index contributed by atoms with van der Waals surface area (Å²) >= 11 is 0. The molecule has 0 amide bonds. The molecule has 1 aromatic carbocycles. The number of carbonyl (C=O) groups is 1. The molecular weight excluding hydrogens is 276 g/mol. The topological polar surface area (TPSA) is 113 Å². The number of hydrogen-bond donors (Lipinski definition) is 3. The lowest BCUT2D eigenvalue weighted by atomic mass is 9.85. The lowest BCUT2D eigenvalue weighted by Crippen LogP contribution is -2.39. The van der Waals surface area contributed by atoms with Crippen LogP contribution in [0.1, 0.15) is 42.5 Å². The van der Waals surface area contributed by atoms with E-state index in [1.165, 1.54) is 18.2 Å². The number of carboxylic acids is 1. The first kappa shape index (κ1) is 15.2. The van der Waals surface area contributed by atoms with E-state index in [1.54, 1.807) is 0 Å². The Morgan fingerprint density at radius 3 is 2.57 bits per heavy atom. The summed E-state index contributed by atoms with van der Waals surface area (Å²) in [6, 6.07) is 3.89. The second kappa shape index (κ2) is 6.09. The number of para-hydroxylation sites is 1. The number of nitro groups is 1. The Morgan fingerprint density at radius 1 is 1.33 bits per heavy atom. The Kier molecular flexibility index (Phi) is 4.42. The molecule has 1 aliphatic carbocycles. The van der Waals surface area contributed by atoms with Gasteiger partial charge in [-0.2, -0.15) is 0 Å². The summed E-state index contributed by atoms with van der Waals surface area (Å²) in [7, 11) is 0. The number of aliphatic hydroxyl groups is 1. The number of carboxylic acid groups (broad SMARTS) is 1. The summed E-state index contributed by atoms with van der Waals surface area (Å²) in [5.41, 5.74) is -1.44. The minimum absolute atomic E-state index is 0.0472. The molecule has 2 rings (SSSR count). The van der Waals surface area contributed by atoms with Crippen LogP contribution in [0.25, 0.3) is 0 Å². The average Bonchev–Trinajstić information content (AvgIpc) is 2.45. The Hall–Kier alpha value is -2.15. The smallest absolute Gasteiger partial charge is 0.338 e. The number of hydrogen-bond acceptors (Lipinski definition) is 5. The number of anilines is 1. The van der Waals surface area contributed by atoms with E-state index in [-0.39, 0.29) is 23.5 Å². The number of nitro benzene ring substituents is 1. The van der Waals surface area contributed by atoms with Gasteiger partial charge in [0.15, 0.2) is 0 Å². The molecule has 7 nitrogen and oxygen atoms in total. The minimum atomic E-state index is -1.24. The molecule has 1 fully saturated rings. The zero-order valence-corrected chi connectivity index (χ0v) is 11.5. The minimum Gasteiger partial charge on any atom is -0.478 e. The lowest BCUT2D eigenvalue weighted by Gasteiger charge is -2.32. The first-order chi connectivity index (χ1) is 9.93. The third kappa shape index (κ3) is 3.49. The van der Waals surface area contributed by atoms with E-state index in [9.17, 15) is 20.0 Å². The van der Waals surface area contributed by atoms with Crippen LogP contribution >= 0.6 is 0 Å². The fourth-order valence-corrected chi connectivity index (χ4v) is 2.70. The van der Waals surface area contributed by atoms with E-state index in [4.69, 9.17) is 5.11 Å². The molecule has 21 heavy (non-hydrogen) atoms. The first-order valence-electron chi connectivity index (χ1n) is 6.90. The molecule has 1 aliphatic rings. The van der Waals surface area contributed by atoms with Gasteiger partial charge in [-0.15, -0.1) is 0 Å². The van der Waals surface area contributed by atoms with E-state index in [0.29, 0.717) is 12.8 Å². The number of nitrogens with one attached hydrogen (secondary N) is 1. The SMILES string of the molecule is O=C(O)c1cccc([N+](=O)[O-])c1NCC1(O)CCCCC1. The molecule has 0 atom stereocenters. The Bertz CT molecular complexity index is 520. The van der Waals surface area contributed by atoms with Gasteiger partial charge in [-0.3, -0.25) is 10.1 Å². The summed E-state index contributed by atoms with van der Waals surface area (Å²) in [4.78, 5) is 21.6. The summed E-state index contributed by atoms with van der Waals surface area (Å²) in [6.07, 6.45) is 4.10. The Morgan fingerprint density at radius 2 is 2.00 bits per heavy atom. The van der Waals surface area contributed by atoms with Crippen molar-refractivity contribution in [3.05, 3.63) is 33.9 Å². The predicted octanol–water partition coefficient (Wildman–Crippen LogP) is 2.40. The highest BCUT2D eigenvalue weighted by molar-refractivity contribution is 5.96. The van der Waals surface area contributed by atoms with Gasteiger partial charge in [0.1, 0.15) is 5.69 Å². The summed E-state index contributed by atoms with van der Waals surface area (Å²) in [5, 5.41) is 33.4. The summed E-state index contributed by atoms with van der Waals surface area (Å²) in [6.45, 7) is 0.109. The fraction of sp³-hybridized carbons (Fsp3) is 0.500. The molecular formula is C14H18N2O5. The van der Waals surface area contributed by atoms with Gasteiger partial charge in [-0.1, -0.05) is 25.3 Å². The second-order valence-corrected chi connectivity index (χ2v) is 5.40. The maximum Gasteiger partial charge on any atom is 0.338 e. The molecule has 7 heteroatoms. The van der Waals surface area contributed by atoms with Crippen molar-refractivity contribution in [1.29, 1.82) is 0 Å². The van der Waals surface area contributed by atoms with Gasteiger partial charge in [0.2, 0.25) is 0 Å². The molecule has 0 aromatic heterocycles. The lowest BCUT2D eigenvalue weighted by molar-refractivity contribution is -0.384. The van der Waals surface area contributed by atoms with Crippen LogP contribution in [0, 0.1) is 10.1 Å². The molecule has 0 saturated heterocycles. The maximum atomic E-state index is 11.2. The van der Waals surface area contributed by atoms with E-state index in [2.05, 4.69) is 5.32 Å². The monoisotopic (exact) mass is 294 g/mol. The van der Waals surface area contributed by atoms with Crippen LogP contribution in [0.3, 0.4) is 0 Å². The van der Waals surface area contributed by atoms with Crippen molar-refractivity contribution >= 4 is 17.3 Å². The van der Waals surface area contributed by atoms with Crippen LogP contribution in [0.5, 0.6) is 0 Å². The van der Waals surface area contributed by atoms with Crippen molar-refractivity contribution in [1.82, 2.24) is 0 Å². The summed E-state index contributed by atoms with van der Waals surface area (Å²) < 4.78 is 0. The van der Waals surface area contributed by atoms with Gasteiger partial charge in [0, 0.05) is 12.6 Å². The second-order valence-electron chi connectivity index (χ2n) is 5.40. The van der Waals surface area contributed by atoms with Crippen LogP contribution < -0.4 is 5.32 Å². The normalized spacial score (nSPS) is 17.2. The van der Waals surface area contributed by atoms with Crippen molar-refractivity contribution in [3.8, 4) is 0 Å². The van der Waals surface area contributed by atoms with Crippen molar-refractivity contribution in [2.75, 3.05) is 11.9 Å². The van der Waals surface area contributed by atoms with E-state index in [0.717, 1.165) is 19.3 Å². The average molecular weight is 294 g/mol. The largest absolute Gasteiger partial charge is 0.478 e. The van der Waals surface area contributed by atoms with Gasteiger partial charge < -0.3 is 15.5 Å². The molecule has 0 heterocycles. The number of rotatable bonds is 5. The number of benzene rings is 1. The van der Waals surface area contributed by atoms with Crippen LogP contribution in [0.15, 0.2) is 18.2 Å². The molecule has 114 valence electrons. The molecule has 1 aromatic rings. The highest BCUT2D eigenvalue weighted by atomic mass is 16.6. The number of nitrogens with zero attached hydrogens (tertiary/aromatic N) is 1. The summed E-state index contributed by atoms with van der Waals surface area (Å²) in [5.74, 6) is -1.24. The van der Waals surface area contributed by atoms with Gasteiger partial charge in [0.25, 0.3) is 5.69 Å². The van der Waals surface area contributed by atoms with E-state index >= 15 is 0 Å². The number of aromatic carboxylic acids is 1. The van der Waals surface area contributed by atoms with Crippen molar-refractivity contribution < 1.29 is 19.9 Å². The third-order valence-corrected chi connectivity index (χ3v) is 3.85. The predicted molar refractivity (Wildman–Crippen MR) is 76.6 cm³/mol. The zero-order valence-electron chi connectivity index (χ0n) is 11.5. The van der Waals surface area contributed by atoms with Gasteiger partial charge in [0.05, 0.1) is 16.1 Å². The highest BCUT2D eigenvalue weighted by Gasteiger charge is 2.30. The molecule has 0 radical (unpaired) electrons. The van der Waals surface area contributed by atoms with Crippen molar-refractivity contribution in [2.24, 2.45) is 0 Å². The van der Waals surface area contributed by atoms with E-state index < -0.39 is 16.5 Å². The molecule has 1 saturated carbocycles. The third-order valence-electron chi connectivity index (χ3n) is 3.85. The van der Waals surface area contributed by atoms with Crippen LogP contribution in [-0.4, -0.2) is 33.3 Å². The van der Waals surface area contributed by atoms with Gasteiger partial charge in [-0.05, 0) is 18.9 Å². The fourth-order valence-electron chi connectivity index (χ4n) is 2.70. The van der Waals surface area contributed by atoms with Gasteiger partial charge in [-0.25, -0.2) is 4.79 Å². The molecule has 0 spiro atoms. The van der Waals surface area contributed by atoms with E-state index in [1.807, 2.05) is 0 Å². The van der Waals surface area contributed by atoms with Crippen LogP contribution in [0.4, 0.5) is 11.4 Å². The molecule has 0 aliphatic heterocycles. The van der Waals surface area contributed by atoms with Crippen LogP contribution in [-0.2, 0) is 0 Å². The quantitative estimate of drug-likeness (QED) is 0.567. The first-order valence-corrected chi connectivity index (χ1v) is 6.90. The van der Waals surface area contributed by atoms with Crippen molar-refractivity contribution in [3.63, 3.8) is 0 Å². The maximum absolute atomic E-state index is 11.2. The Labute approximate surface area is 121 Å². The highest BCUT2D eigenvalue weighted by Crippen LogP contribution is 2.32. The molecule has 0 unspecified atom stereocenters. The van der Waals surface area contributed by atoms with Crippen molar-refractivity contribution in [2.45, 2.75) is 37.7 Å². The Balaban J connectivity index is 2.25.